The maximum atomic E-state index is 13.2. The molecule has 1 aliphatic heterocycles. The first-order valence-electron chi connectivity index (χ1n) is 11.6. The summed E-state index contributed by atoms with van der Waals surface area (Å²) in [4.78, 5) is 55.3. The third-order valence-corrected chi connectivity index (χ3v) is 7.70. The second-order valence-corrected chi connectivity index (χ2v) is 10.0. The highest BCUT2D eigenvalue weighted by Crippen LogP contribution is 2.33. The Morgan fingerprint density at radius 1 is 1.12 bits per heavy atom. The number of hydrogen-bond acceptors (Lipinski definition) is 6. The van der Waals surface area contributed by atoms with E-state index in [0.717, 1.165) is 67.6 Å². The molecule has 1 aromatic rings. The normalized spacial score (nSPS) is 23.4. The predicted octanol–water partition coefficient (Wildman–Crippen LogP) is 3.62. The van der Waals surface area contributed by atoms with Gasteiger partial charge in [-0.05, 0) is 24.7 Å². The number of imide groups is 1. The molecule has 0 radical (unpaired) electrons. The number of thiazole rings is 1. The summed E-state index contributed by atoms with van der Waals surface area (Å²) in [5.41, 5.74) is -0.153. The van der Waals surface area contributed by atoms with E-state index >= 15 is 0 Å². The summed E-state index contributed by atoms with van der Waals surface area (Å²) in [5, 5.41) is 16.0. The zero-order chi connectivity index (χ0) is 22.7. The van der Waals surface area contributed by atoms with Crippen LogP contribution in [0.5, 0.6) is 0 Å². The minimum absolute atomic E-state index is 0.148. The summed E-state index contributed by atoms with van der Waals surface area (Å²) in [6, 6.07) is -2.03. The van der Waals surface area contributed by atoms with E-state index in [1.54, 1.807) is 0 Å². The summed E-state index contributed by atoms with van der Waals surface area (Å²) in [7, 11) is 0. The summed E-state index contributed by atoms with van der Waals surface area (Å²) in [6.07, 6.45) is 10.8. The number of aromatic nitrogens is 1. The molecule has 2 aliphatic carbocycles. The van der Waals surface area contributed by atoms with Crippen LogP contribution in [0.3, 0.4) is 0 Å². The lowest BCUT2D eigenvalue weighted by Gasteiger charge is -2.27. The van der Waals surface area contributed by atoms with Gasteiger partial charge in [0.1, 0.15) is 12.1 Å². The average Bonchev–Trinajstić information content (AvgIpc) is 3.50. The van der Waals surface area contributed by atoms with Gasteiger partial charge in [-0.1, -0.05) is 57.8 Å². The minimum Gasteiger partial charge on any atom is -0.476 e. The molecular weight excluding hydrogens is 432 g/mol. The van der Waals surface area contributed by atoms with Crippen LogP contribution in [0.2, 0.25) is 0 Å². The number of carbonyl (C=O) groups excluding carboxylic acids is 3. The molecule has 3 N–H and O–H groups in total. The SMILES string of the molecule is O=C(O)c1csc(NC(=O)[C@H](CC2CCCC2)N2C(=O)N[C@@H](CC3CCCCC3)C2=O)n1. The van der Waals surface area contributed by atoms with Crippen LogP contribution in [0.4, 0.5) is 9.93 Å². The molecule has 3 fully saturated rings. The standard InChI is InChI=1S/C22H30N4O5S/c27-18(25-21-23-16(12-32-21)20(29)30)17(11-14-8-4-5-9-14)26-19(28)15(24-22(26)31)10-13-6-2-1-3-7-13/h12-15,17H,1-11H2,(H,24,31)(H,29,30)(H,23,25,27)/t15-,17-/m0/s1. The van der Waals surface area contributed by atoms with E-state index in [2.05, 4.69) is 15.6 Å². The molecule has 4 amide bonds. The number of nitrogens with one attached hydrogen (secondary N) is 2. The first-order valence-corrected chi connectivity index (χ1v) is 12.4. The van der Waals surface area contributed by atoms with Gasteiger partial charge in [0.15, 0.2) is 10.8 Å². The molecule has 4 rings (SSSR count). The monoisotopic (exact) mass is 462 g/mol. The van der Waals surface area contributed by atoms with Crippen LogP contribution in [0.25, 0.3) is 0 Å². The van der Waals surface area contributed by atoms with Crippen molar-refractivity contribution in [3.63, 3.8) is 0 Å². The fourth-order valence-electron chi connectivity index (χ4n) is 5.27. The second-order valence-electron chi connectivity index (χ2n) is 9.18. The first-order chi connectivity index (χ1) is 15.4. The van der Waals surface area contributed by atoms with Gasteiger partial charge in [0.2, 0.25) is 5.91 Å². The molecule has 0 bridgehead atoms. The molecule has 2 heterocycles. The van der Waals surface area contributed by atoms with E-state index in [-0.39, 0.29) is 22.7 Å². The third-order valence-electron chi connectivity index (χ3n) is 6.94. The highest BCUT2D eigenvalue weighted by molar-refractivity contribution is 7.14. The molecule has 1 saturated heterocycles. The lowest BCUT2D eigenvalue weighted by Crippen LogP contribution is -2.48. The average molecular weight is 463 g/mol. The molecule has 32 heavy (non-hydrogen) atoms. The molecule has 0 spiro atoms. The zero-order valence-corrected chi connectivity index (χ0v) is 18.9. The number of rotatable bonds is 8. The lowest BCUT2D eigenvalue weighted by molar-refractivity contribution is -0.134. The number of aromatic carboxylic acids is 1. The molecule has 174 valence electrons. The van der Waals surface area contributed by atoms with Gasteiger partial charge in [-0.15, -0.1) is 11.3 Å². The molecule has 2 saturated carbocycles. The van der Waals surface area contributed by atoms with Crippen molar-refractivity contribution in [1.82, 2.24) is 15.2 Å². The van der Waals surface area contributed by atoms with Crippen LogP contribution >= 0.6 is 11.3 Å². The van der Waals surface area contributed by atoms with Crippen molar-refractivity contribution >= 4 is 40.3 Å². The summed E-state index contributed by atoms with van der Waals surface area (Å²) in [6.45, 7) is 0. The Balaban J connectivity index is 1.49. The number of urea groups is 1. The minimum atomic E-state index is -1.18. The molecule has 3 aliphatic rings. The number of carboxylic acid groups (broad SMARTS) is 1. The summed E-state index contributed by atoms with van der Waals surface area (Å²) >= 11 is 1.01. The topological polar surface area (TPSA) is 129 Å². The Morgan fingerprint density at radius 3 is 2.44 bits per heavy atom. The highest BCUT2D eigenvalue weighted by atomic mass is 32.1. The number of amides is 4. The largest absolute Gasteiger partial charge is 0.476 e. The van der Waals surface area contributed by atoms with E-state index in [0.29, 0.717) is 18.8 Å². The van der Waals surface area contributed by atoms with E-state index in [4.69, 9.17) is 5.11 Å². The number of carbonyl (C=O) groups is 4. The Bertz CT molecular complexity index is 875. The van der Waals surface area contributed by atoms with E-state index in [9.17, 15) is 19.2 Å². The fraction of sp³-hybridized carbons (Fsp3) is 0.682. The quantitative estimate of drug-likeness (QED) is 0.506. The molecule has 0 unspecified atom stereocenters. The van der Waals surface area contributed by atoms with Crippen molar-refractivity contribution in [2.45, 2.75) is 82.7 Å². The van der Waals surface area contributed by atoms with Crippen LogP contribution in [-0.2, 0) is 9.59 Å². The van der Waals surface area contributed by atoms with Crippen LogP contribution in [0.15, 0.2) is 5.38 Å². The summed E-state index contributed by atoms with van der Waals surface area (Å²) < 4.78 is 0. The number of nitrogens with zero attached hydrogens (tertiary/aromatic N) is 2. The third kappa shape index (κ3) is 5.11. The molecular formula is C22H30N4O5S. The maximum Gasteiger partial charge on any atom is 0.355 e. The Hall–Kier alpha value is -2.49. The van der Waals surface area contributed by atoms with Crippen LogP contribution in [0.1, 0.15) is 81.1 Å². The molecule has 10 heteroatoms. The van der Waals surface area contributed by atoms with Crippen molar-refractivity contribution in [3.05, 3.63) is 11.1 Å². The van der Waals surface area contributed by atoms with Crippen molar-refractivity contribution in [1.29, 1.82) is 0 Å². The Labute approximate surface area is 191 Å². The van der Waals surface area contributed by atoms with Crippen molar-refractivity contribution < 1.29 is 24.3 Å². The van der Waals surface area contributed by atoms with Gasteiger partial charge in [0.05, 0.1) is 0 Å². The van der Waals surface area contributed by atoms with Crippen LogP contribution < -0.4 is 10.6 Å². The number of hydrogen-bond donors (Lipinski definition) is 3. The van der Waals surface area contributed by atoms with Crippen molar-refractivity contribution in [3.8, 4) is 0 Å². The zero-order valence-electron chi connectivity index (χ0n) is 18.0. The van der Waals surface area contributed by atoms with Crippen molar-refractivity contribution in [2.75, 3.05) is 5.32 Å². The van der Waals surface area contributed by atoms with Crippen molar-refractivity contribution in [2.24, 2.45) is 11.8 Å². The van der Waals surface area contributed by atoms with Gasteiger partial charge in [-0.2, -0.15) is 0 Å². The number of anilines is 1. The smallest absolute Gasteiger partial charge is 0.355 e. The van der Waals surface area contributed by atoms with Gasteiger partial charge < -0.3 is 15.7 Å². The van der Waals surface area contributed by atoms with Crippen LogP contribution in [-0.4, -0.2) is 50.9 Å². The number of carboxylic acids is 1. The van der Waals surface area contributed by atoms with Gasteiger partial charge in [-0.25, -0.2) is 19.5 Å². The van der Waals surface area contributed by atoms with Gasteiger partial charge in [0, 0.05) is 5.38 Å². The highest BCUT2D eigenvalue weighted by Gasteiger charge is 2.46. The summed E-state index contributed by atoms with van der Waals surface area (Å²) in [5.74, 6) is -1.31. The lowest BCUT2D eigenvalue weighted by atomic mass is 9.85. The van der Waals surface area contributed by atoms with E-state index < -0.39 is 30.0 Å². The van der Waals surface area contributed by atoms with Gasteiger partial charge in [0.25, 0.3) is 5.91 Å². The second kappa shape index (κ2) is 9.97. The molecule has 9 nitrogen and oxygen atoms in total. The fourth-order valence-corrected chi connectivity index (χ4v) is 5.96. The van der Waals surface area contributed by atoms with E-state index in [1.807, 2.05) is 0 Å². The molecule has 2 atom stereocenters. The predicted molar refractivity (Wildman–Crippen MR) is 118 cm³/mol. The molecule has 1 aromatic heterocycles. The van der Waals surface area contributed by atoms with Crippen LogP contribution in [0, 0.1) is 11.8 Å². The van der Waals surface area contributed by atoms with Gasteiger partial charge >= 0.3 is 12.0 Å². The first kappa shape index (κ1) is 22.7. The maximum absolute atomic E-state index is 13.2. The van der Waals surface area contributed by atoms with Gasteiger partial charge in [-0.3, -0.25) is 9.59 Å². The molecule has 0 aromatic carbocycles. The van der Waals surface area contributed by atoms with E-state index in [1.165, 1.54) is 11.8 Å². The Morgan fingerprint density at radius 2 is 1.78 bits per heavy atom. The Kier molecular flexibility index (Phi) is 7.07.